The second-order valence-electron chi connectivity index (χ2n) is 6.58. The van der Waals surface area contributed by atoms with Crippen molar-refractivity contribution in [2.75, 3.05) is 37.6 Å². The molecule has 27 heavy (non-hydrogen) atoms. The van der Waals surface area contributed by atoms with Gasteiger partial charge in [0.1, 0.15) is 6.10 Å². The minimum atomic E-state index is -2.41. The standard InChI is InChI=1S/C17H23N3O6S/c1-12-10-19(17(22)26-15-6-9-25-11-15)7-8-20(12)16(21)13-2-4-14(5-3-13)18-27(23)24/h2-5,12,15,18H,6-11H2,1H3,(H,23,24)/p-1/t12-,15+/m1/s1. The number of benzene rings is 1. The van der Waals surface area contributed by atoms with Gasteiger partial charge in [-0.1, -0.05) is 0 Å². The van der Waals surface area contributed by atoms with Crippen LogP contribution in [0.5, 0.6) is 0 Å². The van der Waals surface area contributed by atoms with Gasteiger partial charge >= 0.3 is 6.09 Å². The van der Waals surface area contributed by atoms with Crippen molar-refractivity contribution in [2.24, 2.45) is 0 Å². The molecule has 1 unspecified atom stereocenters. The first kappa shape index (κ1) is 19.6. The van der Waals surface area contributed by atoms with E-state index < -0.39 is 11.3 Å². The monoisotopic (exact) mass is 396 g/mol. The fourth-order valence-corrected chi connectivity index (χ4v) is 3.52. The Bertz CT molecular complexity index is 707. The number of carbonyl (C=O) groups is 2. The maximum absolute atomic E-state index is 12.7. The molecule has 2 fully saturated rings. The second kappa shape index (κ2) is 8.68. The number of nitrogens with one attached hydrogen (secondary N) is 1. The smallest absolute Gasteiger partial charge is 0.410 e. The average molecular weight is 396 g/mol. The van der Waals surface area contributed by atoms with Crippen LogP contribution in [0.15, 0.2) is 24.3 Å². The third kappa shape index (κ3) is 4.96. The molecule has 0 bridgehead atoms. The molecule has 3 atom stereocenters. The molecule has 2 heterocycles. The highest BCUT2D eigenvalue weighted by molar-refractivity contribution is 7.80. The number of hydrogen-bond donors (Lipinski definition) is 1. The first-order valence-electron chi connectivity index (χ1n) is 8.74. The number of nitrogens with zero attached hydrogens (tertiary/aromatic N) is 2. The van der Waals surface area contributed by atoms with E-state index in [0.717, 1.165) is 0 Å². The van der Waals surface area contributed by atoms with E-state index in [2.05, 4.69) is 4.72 Å². The van der Waals surface area contributed by atoms with E-state index in [0.29, 0.717) is 50.5 Å². The Hall–Kier alpha value is -2.17. The summed E-state index contributed by atoms with van der Waals surface area (Å²) in [4.78, 5) is 28.3. The molecule has 3 rings (SSSR count). The van der Waals surface area contributed by atoms with Gasteiger partial charge in [-0.3, -0.25) is 9.00 Å². The van der Waals surface area contributed by atoms with Crippen molar-refractivity contribution in [1.29, 1.82) is 0 Å². The Morgan fingerprint density at radius 2 is 2.04 bits per heavy atom. The van der Waals surface area contributed by atoms with Crippen LogP contribution in [0, 0.1) is 0 Å². The lowest BCUT2D eigenvalue weighted by molar-refractivity contribution is 0.0258. The lowest BCUT2D eigenvalue weighted by Crippen LogP contribution is -2.55. The molecule has 0 aromatic heterocycles. The summed E-state index contributed by atoms with van der Waals surface area (Å²) in [5, 5.41) is 0. The molecule has 0 aliphatic carbocycles. The van der Waals surface area contributed by atoms with E-state index in [4.69, 9.17) is 9.47 Å². The summed E-state index contributed by atoms with van der Waals surface area (Å²) in [6.07, 6.45) is 0.151. The Balaban J connectivity index is 1.56. The summed E-state index contributed by atoms with van der Waals surface area (Å²) in [6.45, 7) is 4.12. The van der Waals surface area contributed by atoms with Crippen molar-refractivity contribution in [3.8, 4) is 0 Å². The van der Waals surface area contributed by atoms with Crippen LogP contribution in [0.25, 0.3) is 0 Å². The van der Waals surface area contributed by atoms with Gasteiger partial charge < -0.3 is 28.5 Å². The molecule has 2 amide bonds. The Labute approximate surface area is 160 Å². The number of amides is 2. The number of hydrogen-bond acceptors (Lipinski definition) is 6. The van der Waals surface area contributed by atoms with E-state index in [1.165, 1.54) is 12.1 Å². The molecule has 2 aliphatic rings. The van der Waals surface area contributed by atoms with Crippen molar-refractivity contribution < 1.29 is 27.8 Å². The van der Waals surface area contributed by atoms with Gasteiger partial charge in [0.15, 0.2) is 0 Å². The van der Waals surface area contributed by atoms with Crippen molar-refractivity contribution in [2.45, 2.75) is 25.5 Å². The minimum absolute atomic E-state index is 0.158. The van der Waals surface area contributed by atoms with Crippen molar-refractivity contribution in [3.63, 3.8) is 0 Å². The summed E-state index contributed by atoms with van der Waals surface area (Å²) in [5.41, 5.74) is 0.847. The Kier molecular flexibility index (Phi) is 6.30. The van der Waals surface area contributed by atoms with Gasteiger partial charge in [0, 0.05) is 54.6 Å². The van der Waals surface area contributed by atoms with Crippen LogP contribution in [0.1, 0.15) is 23.7 Å². The molecule has 10 heteroatoms. The summed E-state index contributed by atoms with van der Waals surface area (Å²) in [7, 11) is 0. The summed E-state index contributed by atoms with van der Waals surface area (Å²) < 4.78 is 34.1. The van der Waals surface area contributed by atoms with E-state index in [-0.39, 0.29) is 24.1 Å². The molecule has 2 aliphatic heterocycles. The molecule has 0 radical (unpaired) electrons. The van der Waals surface area contributed by atoms with E-state index in [1.807, 2.05) is 6.92 Å². The number of piperazine rings is 1. The quantitative estimate of drug-likeness (QED) is 0.759. The normalized spacial score (nSPS) is 23.8. The third-order valence-corrected chi connectivity index (χ3v) is 5.04. The number of ether oxygens (including phenoxy) is 2. The lowest BCUT2D eigenvalue weighted by Gasteiger charge is -2.39. The van der Waals surface area contributed by atoms with Crippen molar-refractivity contribution in [1.82, 2.24) is 9.80 Å². The summed E-state index contributed by atoms with van der Waals surface area (Å²) in [6, 6.07) is 6.05. The van der Waals surface area contributed by atoms with Crippen LogP contribution >= 0.6 is 0 Å². The summed E-state index contributed by atoms with van der Waals surface area (Å²) in [5.74, 6) is -0.158. The zero-order valence-corrected chi connectivity index (χ0v) is 15.8. The molecule has 1 aromatic carbocycles. The van der Waals surface area contributed by atoms with Gasteiger partial charge in [0.25, 0.3) is 5.91 Å². The highest BCUT2D eigenvalue weighted by Gasteiger charge is 2.32. The van der Waals surface area contributed by atoms with Gasteiger partial charge in [-0.2, -0.15) is 0 Å². The highest BCUT2D eigenvalue weighted by atomic mass is 32.2. The van der Waals surface area contributed by atoms with Gasteiger partial charge in [-0.05, 0) is 31.2 Å². The number of carbonyl (C=O) groups excluding carboxylic acids is 2. The predicted molar refractivity (Wildman–Crippen MR) is 96.8 cm³/mol. The van der Waals surface area contributed by atoms with Gasteiger partial charge in [-0.15, -0.1) is 0 Å². The fraction of sp³-hybridized carbons (Fsp3) is 0.529. The maximum atomic E-state index is 12.7. The molecule has 2 saturated heterocycles. The van der Waals surface area contributed by atoms with E-state index in [9.17, 15) is 18.4 Å². The largest absolute Gasteiger partial charge is 0.755 e. The Morgan fingerprint density at radius 1 is 1.30 bits per heavy atom. The Morgan fingerprint density at radius 3 is 2.63 bits per heavy atom. The fourth-order valence-electron chi connectivity index (χ4n) is 3.19. The van der Waals surface area contributed by atoms with Crippen LogP contribution in [0.3, 0.4) is 0 Å². The molecular weight excluding hydrogens is 374 g/mol. The predicted octanol–water partition coefficient (Wildman–Crippen LogP) is 0.964. The average Bonchev–Trinajstić information content (AvgIpc) is 3.14. The number of rotatable bonds is 4. The van der Waals surface area contributed by atoms with Gasteiger partial charge in [0.05, 0.1) is 13.2 Å². The van der Waals surface area contributed by atoms with Gasteiger partial charge in [-0.25, -0.2) is 4.79 Å². The van der Waals surface area contributed by atoms with Crippen LogP contribution in [0.2, 0.25) is 0 Å². The van der Waals surface area contributed by atoms with Crippen LogP contribution in [-0.4, -0.2) is 75.6 Å². The van der Waals surface area contributed by atoms with E-state index in [1.54, 1.807) is 21.9 Å². The third-order valence-electron chi connectivity index (χ3n) is 4.63. The maximum Gasteiger partial charge on any atom is 0.410 e. The van der Waals surface area contributed by atoms with Crippen LogP contribution < -0.4 is 4.72 Å². The second-order valence-corrected chi connectivity index (χ2v) is 7.25. The summed E-state index contributed by atoms with van der Waals surface area (Å²) >= 11 is -2.41. The van der Waals surface area contributed by atoms with Crippen molar-refractivity contribution in [3.05, 3.63) is 29.8 Å². The topological polar surface area (TPSA) is 111 Å². The first-order chi connectivity index (χ1) is 12.9. The highest BCUT2D eigenvalue weighted by Crippen LogP contribution is 2.18. The molecule has 0 saturated carbocycles. The zero-order chi connectivity index (χ0) is 19.4. The molecule has 148 valence electrons. The van der Waals surface area contributed by atoms with Crippen LogP contribution in [0.4, 0.5) is 10.5 Å². The minimum Gasteiger partial charge on any atom is -0.755 e. The lowest BCUT2D eigenvalue weighted by atomic mass is 10.1. The number of anilines is 1. The SMILES string of the molecule is C[C@@H]1CN(C(=O)O[C@H]2CCOC2)CCN1C(=O)c1ccc(NS(=O)[O-])cc1. The van der Waals surface area contributed by atoms with Crippen LogP contribution in [-0.2, 0) is 20.7 Å². The molecule has 1 aromatic rings. The van der Waals surface area contributed by atoms with E-state index >= 15 is 0 Å². The van der Waals surface area contributed by atoms with Gasteiger partial charge in [0.2, 0.25) is 0 Å². The molecule has 9 nitrogen and oxygen atoms in total. The first-order valence-corrected chi connectivity index (χ1v) is 9.82. The molecular formula is C17H22N3O6S-. The zero-order valence-electron chi connectivity index (χ0n) is 15.0. The molecule has 1 N–H and O–H groups in total. The molecule has 0 spiro atoms. The van der Waals surface area contributed by atoms with Crippen molar-refractivity contribution >= 4 is 29.0 Å².